The van der Waals surface area contributed by atoms with Crippen LogP contribution in [-0.4, -0.2) is 29.0 Å². The molecule has 0 atom stereocenters. The molecule has 1 amide bonds. The molecule has 2 aromatic carbocycles. The number of carbonyl (C=O) groups is 2. The van der Waals surface area contributed by atoms with E-state index in [9.17, 15) is 14.0 Å². The van der Waals surface area contributed by atoms with E-state index in [1.165, 1.54) is 31.4 Å². The summed E-state index contributed by atoms with van der Waals surface area (Å²) < 4.78 is 17.8. The number of ether oxygens (including phenoxy) is 1. The average Bonchev–Trinajstić information content (AvgIpc) is 3.10. The van der Waals surface area contributed by atoms with Gasteiger partial charge in [0.15, 0.2) is 5.69 Å². The maximum absolute atomic E-state index is 13.0. The van der Waals surface area contributed by atoms with E-state index >= 15 is 0 Å². The minimum absolute atomic E-state index is 0.0201. The minimum Gasteiger partial charge on any atom is -0.464 e. The van der Waals surface area contributed by atoms with Crippen LogP contribution in [0.2, 0.25) is 0 Å². The van der Waals surface area contributed by atoms with Gasteiger partial charge in [-0.3, -0.25) is 15.6 Å². The molecule has 7 nitrogen and oxygen atoms in total. The number of aromatic amines is 1. The third-order valence-corrected chi connectivity index (χ3v) is 4.27. The SMILES string of the molecule is COC(=O)c1cc2c([nH]c3ccccc32)c(C(=O)NNc2ccc(F)cc2)n1. The van der Waals surface area contributed by atoms with E-state index in [2.05, 4.69) is 20.8 Å². The first kappa shape index (κ1) is 17.5. The monoisotopic (exact) mass is 378 g/mol. The van der Waals surface area contributed by atoms with E-state index in [0.29, 0.717) is 16.6 Å². The number of halogens is 1. The summed E-state index contributed by atoms with van der Waals surface area (Å²) in [5, 5.41) is 1.53. The van der Waals surface area contributed by atoms with Crippen molar-refractivity contribution in [1.29, 1.82) is 0 Å². The number of fused-ring (bicyclic) bond motifs is 3. The Morgan fingerprint density at radius 3 is 2.57 bits per heavy atom. The third kappa shape index (κ3) is 3.11. The Morgan fingerprint density at radius 1 is 1.07 bits per heavy atom. The smallest absolute Gasteiger partial charge is 0.356 e. The summed E-state index contributed by atoms with van der Waals surface area (Å²) in [7, 11) is 1.25. The van der Waals surface area contributed by atoms with E-state index < -0.39 is 11.9 Å². The quantitative estimate of drug-likeness (QED) is 0.374. The zero-order valence-electron chi connectivity index (χ0n) is 14.7. The zero-order chi connectivity index (χ0) is 19.7. The second kappa shape index (κ2) is 6.99. The molecular weight excluding hydrogens is 363 g/mol. The molecule has 28 heavy (non-hydrogen) atoms. The van der Waals surface area contributed by atoms with E-state index in [1.807, 2.05) is 24.3 Å². The third-order valence-electron chi connectivity index (χ3n) is 4.27. The number of nitrogens with zero attached hydrogens (tertiary/aromatic N) is 1. The highest BCUT2D eigenvalue weighted by molar-refractivity contribution is 6.15. The van der Waals surface area contributed by atoms with Gasteiger partial charge in [-0.2, -0.15) is 0 Å². The van der Waals surface area contributed by atoms with Gasteiger partial charge in [-0.1, -0.05) is 18.2 Å². The van der Waals surface area contributed by atoms with Gasteiger partial charge in [0.25, 0.3) is 5.91 Å². The Kier molecular flexibility index (Phi) is 4.36. The Morgan fingerprint density at radius 2 is 1.82 bits per heavy atom. The van der Waals surface area contributed by atoms with Gasteiger partial charge in [0.2, 0.25) is 0 Å². The van der Waals surface area contributed by atoms with Gasteiger partial charge >= 0.3 is 5.97 Å². The van der Waals surface area contributed by atoms with Crippen LogP contribution >= 0.6 is 0 Å². The van der Waals surface area contributed by atoms with Crippen molar-refractivity contribution in [2.75, 3.05) is 12.5 Å². The lowest BCUT2D eigenvalue weighted by atomic mass is 10.1. The van der Waals surface area contributed by atoms with Crippen molar-refractivity contribution in [2.45, 2.75) is 0 Å². The van der Waals surface area contributed by atoms with Crippen LogP contribution in [-0.2, 0) is 4.74 Å². The molecule has 8 heteroatoms. The minimum atomic E-state index is -0.646. The molecule has 0 unspecified atom stereocenters. The average molecular weight is 378 g/mol. The molecule has 0 fully saturated rings. The van der Waals surface area contributed by atoms with Crippen LogP contribution in [0.25, 0.3) is 21.8 Å². The molecule has 0 bridgehead atoms. The van der Waals surface area contributed by atoms with E-state index in [1.54, 1.807) is 6.07 Å². The number of methoxy groups -OCH3 is 1. The number of benzene rings is 2. The summed E-state index contributed by atoms with van der Waals surface area (Å²) in [4.78, 5) is 32.1. The summed E-state index contributed by atoms with van der Waals surface area (Å²) in [6.07, 6.45) is 0. The molecule has 4 aromatic rings. The fourth-order valence-electron chi connectivity index (χ4n) is 2.94. The van der Waals surface area contributed by atoms with Crippen molar-refractivity contribution in [3.8, 4) is 0 Å². The van der Waals surface area contributed by atoms with Gasteiger partial charge < -0.3 is 9.72 Å². The predicted molar refractivity (Wildman–Crippen MR) is 102 cm³/mol. The van der Waals surface area contributed by atoms with Crippen LogP contribution in [0.1, 0.15) is 21.0 Å². The van der Waals surface area contributed by atoms with Crippen molar-refractivity contribution >= 4 is 39.4 Å². The number of rotatable bonds is 4. The van der Waals surface area contributed by atoms with Gasteiger partial charge in [-0.25, -0.2) is 14.2 Å². The Labute approximate surface area is 158 Å². The maximum atomic E-state index is 13.0. The number of esters is 1. The van der Waals surface area contributed by atoms with Crippen LogP contribution < -0.4 is 10.9 Å². The molecule has 0 aliphatic rings. The van der Waals surface area contributed by atoms with E-state index in [-0.39, 0.29) is 17.2 Å². The fraction of sp³-hybridized carbons (Fsp3) is 0.0500. The number of hydrazine groups is 1. The molecule has 140 valence electrons. The molecule has 0 aliphatic heterocycles. The number of aromatic nitrogens is 2. The second-order valence-corrected chi connectivity index (χ2v) is 6.03. The lowest BCUT2D eigenvalue weighted by molar-refractivity contribution is 0.0594. The Bertz CT molecular complexity index is 1200. The van der Waals surface area contributed by atoms with Crippen LogP contribution in [0.3, 0.4) is 0 Å². The molecule has 0 saturated carbocycles. The maximum Gasteiger partial charge on any atom is 0.356 e. The van der Waals surface area contributed by atoms with E-state index in [0.717, 1.165) is 10.9 Å². The normalized spacial score (nSPS) is 10.8. The van der Waals surface area contributed by atoms with Crippen molar-refractivity contribution in [2.24, 2.45) is 0 Å². The second-order valence-electron chi connectivity index (χ2n) is 6.03. The molecule has 0 spiro atoms. The molecule has 3 N–H and O–H groups in total. The Balaban J connectivity index is 1.76. The van der Waals surface area contributed by atoms with Gasteiger partial charge in [-0.15, -0.1) is 0 Å². The highest BCUT2D eigenvalue weighted by Crippen LogP contribution is 2.28. The summed E-state index contributed by atoms with van der Waals surface area (Å²) in [6.45, 7) is 0. The van der Waals surface area contributed by atoms with Gasteiger partial charge in [0.05, 0.1) is 18.3 Å². The highest BCUT2D eigenvalue weighted by atomic mass is 19.1. The summed E-state index contributed by atoms with van der Waals surface area (Å²) in [5.74, 6) is -1.59. The summed E-state index contributed by atoms with van der Waals surface area (Å²) in [6, 6.07) is 14.6. The van der Waals surface area contributed by atoms with Crippen LogP contribution in [0.5, 0.6) is 0 Å². The van der Waals surface area contributed by atoms with Crippen molar-refractivity contribution in [3.63, 3.8) is 0 Å². The van der Waals surface area contributed by atoms with Gasteiger partial charge in [0, 0.05) is 16.3 Å². The molecule has 0 aliphatic carbocycles. The molecule has 2 heterocycles. The number of pyridine rings is 1. The van der Waals surface area contributed by atoms with Crippen molar-refractivity contribution in [1.82, 2.24) is 15.4 Å². The summed E-state index contributed by atoms with van der Waals surface area (Å²) in [5.41, 5.74) is 7.05. The number of nitrogens with one attached hydrogen (secondary N) is 3. The first-order valence-electron chi connectivity index (χ1n) is 8.38. The van der Waals surface area contributed by atoms with Gasteiger partial charge in [0.1, 0.15) is 11.5 Å². The number of carbonyl (C=O) groups excluding carboxylic acids is 2. The number of hydrogen-bond acceptors (Lipinski definition) is 5. The molecule has 0 radical (unpaired) electrons. The van der Waals surface area contributed by atoms with Crippen molar-refractivity contribution in [3.05, 3.63) is 71.8 Å². The predicted octanol–water partition coefficient (Wildman–Crippen LogP) is 3.40. The largest absolute Gasteiger partial charge is 0.464 e. The van der Waals surface area contributed by atoms with Crippen LogP contribution in [0, 0.1) is 5.82 Å². The zero-order valence-corrected chi connectivity index (χ0v) is 14.7. The number of para-hydroxylation sites is 1. The lowest BCUT2D eigenvalue weighted by Gasteiger charge is -2.09. The number of hydrogen-bond donors (Lipinski definition) is 3. The first-order valence-corrected chi connectivity index (χ1v) is 8.38. The first-order chi connectivity index (χ1) is 13.6. The molecule has 0 saturated heterocycles. The van der Waals surface area contributed by atoms with Crippen molar-refractivity contribution < 1.29 is 18.7 Å². The van der Waals surface area contributed by atoms with Crippen LogP contribution in [0.15, 0.2) is 54.6 Å². The van der Waals surface area contributed by atoms with Crippen LogP contribution in [0.4, 0.5) is 10.1 Å². The number of anilines is 1. The number of amides is 1. The molecular formula is C20H15FN4O3. The van der Waals surface area contributed by atoms with E-state index in [4.69, 9.17) is 4.74 Å². The standard InChI is InChI=1S/C20H15FN4O3/c1-28-20(27)16-10-14-13-4-2-3-5-15(13)22-17(14)18(23-16)19(26)25-24-12-8-6-11(21)7-9-12/h2-10,22,24H,1H3,(H,25,26). The molecule has 2 aromatic heterocycles. The number of H-pyrrole nitrogens is 1. The lowest BCUT2D eigenvalue weighted by Crippen LogP contribution is -2.30. The fourth-order valence-corrected chi connectivity index (χ4v) is 2.94. The highest BCUT2D eigenvalue weighted by Gasteiger charge is 2.20. The Hall–Kier alpha value is -3.94. The summed E-state index contributed by atoms with van der Waals surface area (Å²) >= 11 is 0. The van der Waals surface area contributed by atoms with Gasteiger partial charge in [-0.05, 0) is 36.4 Å². The topological polar surface area (TPSA) is 96.1 Å². The molecule has 4 rings (SSSR count).